The van der Waals surface area contributed by atoms with Gasteiger partial charge in [0.1, 0.15) is 0 Å². The average Bonchev–Trinajstić information content (AvgIpc) is 2.98. The van der Waals surface area contributed by atoms with Crippen LogP contribution in [0.5, 0.6) is 0 Å². The summed E-state index contributed by atoms with van der Waals surface area (Å²) in [7, 11) is 0. The zero-order chi connectivity index (χ0) is 11.5. The van der Waals surface area contributed by atoms with E-state index in [2.05, 4.69) is 33.8 Å². The third kappa shape index (κ3) is 2.48. The van der Waals surface area contributed by atoms with E-state index < -0.39 is 0 Å². The number of rotatable bonds is 4. The fourth-order valence-electron chi connectivity index (χ4n) is 2.11. The van der Waals surface area contributed by atoms with Gasteiger partial charge in [0.2, 0.25) is 0 Å². The van der Waals surface area contributed by atoms with Crippen LogP contribution in [0.4, 0.5) is 5.69 Å². The third-order valence-electron chi connectivity index (χ3n) is 3.00. The number of nitrogens with zero attached hydrogens (tertiary/aromatic N) is 1. The lowest BCUT2D eigenvalue weighted by Gasteiger charge is -2.06. The summed E-state index contributed by atoms with van der Waals surface area (Å²) in [5.41, 5.74) is 5.96. The van der Waals surface area contributed by atoms with Crippen LogP contribution in [-0.2, 0) is 19.5 Å². The van der Waals surface area contributed by atoms with Crippen LogP contribution in [-0.4, -0.2) is 11.5 Å². The van der Waals surface area contributed by atoms with Crippen molar-refractivity contribution in [3.8, 4) is 0 Å². The molecular weight excluding hydrogens is 230 g/mol. The van der Waals surface area contributed by atoms with E-state index in [9.17, 15) is 0 Å². The highest BCUT2D eigenvalue weighted by Gasteiger charge is 2.09. The molecule has 88 valence electrons. The van der Waals surface area contributed by atoms with Gasteiger partial charge in [-0.3, -0.25) is 4.98 Å². The van der Waals surface area contributed by atoms with E-state index in [1.54, 1.807) is 11.3 Å². The average molecular weight is 245 g/mol. The van der Waals surface area contributed by atoms with Gasteiger partial charge in [-0.25, -0.2) is 0 Å². The quantitative estimate of drug-likeness (QED) is 0.868. The summed E-state index contributed by atoms with van der Waals surface area (Å²) in [6.07, 6.45) is 3.08. The van der Waals surface area contributed by atoms with Crippen LogP contribution in [0.2, 0.25) is 0 Å². The van der Waals surface area contributed by atoms with Crippen molar-refractivity contribution in [2.75, 3.05) is 11.9 Å². The zero-order valence-electron chi connectivity index (χ0n) is 9.57. The zero-order valence-corrected chi connectivity index (χ0v) is 10.4. The van der Waals surface area contributed by atoms with Crippen LogP contribution >= 0.6 is 11.3 Å². The van der Waals surface area contributed by atoms with Gasteiger partial charge in [0.25, 0.3) is 0 Å². The Kier molecular flexibility index (Phi) is 3.07. The van der Waals surface area contributed by atoms with Gasteiger partial charge < -0.3 is 10.6 Å². The van der Waals surface area contributed by atoms with Crippen LogP contribution in [0.25, 0.3) is 0 Å². The fraction of sp³-hybridized carbons (Fsp3) is 0.308. The van der Waals surface area contributed by atoms with Crippen molar-refractivity contribution >= 4 is 17.0 Å². The molecule has 4 heteroatoms. The van der Waals surface area contributed by atoms with E-state index in [-0.39, 0.29) is 0 Å². The van der Waals surface area contributed by atoms with E-state index >= 15 is 0 Å². The third-order valence-corrected chi connectivity index (χ3v) is 3.78. The Bertz CT molecular complexity index is 493. The Balaban J connectivity index is 1.58. The Labute approximate surface area is 105 Å². The first-order valence-electron chi connectivity index (χ1n) is 5.85. The van der Waals surface area contributed by atoms with E-state index in [0.717, 1.165) is 26.1 Å². The maximum Gasteiger partial charge on any atom is 0.0794 e. The molecule has 0 saturated heterocycles. The highest BCUT2D eigenvalue weighted by atomic mass is 32.1. The van der Waals surface area contributed by atoms with Crippen LogP contribution in [0.1, 0.15) is 16.0 Å². The number of nitrogens with one attached hydrogen (secondary N) is 2. The smallest absolute Gasteiger partial charge is 0.0794 e. The highest BCUT2D eigenvalue weighted by molar-refractivity contribution is 7.09. The minimum Gasteiger partial charge on any atom is -0.384 e. The van der Waals surface area contributed by atoms with Crippen molar-refractivity contribution < 1.29 is 0 Å². The van der Waals surface area contributed by atoms with Gasteiger partial charge in [0, 0.05) is 36.4 Å². The molecule has 0 saturated carbocycles. The first kappa shape index (κ1) is 10.7. The lowest BCUT2D eigenvalue weighted by Crippen LogP contribution is -2.11. The van der Waals surface area contributed by atoms with Crippen molar-refractivity contribution in [2.45, 2.75) is 19.5 Å². The van der Waals surface area contributed by atoms with Gasteiger partial charge in [-0.2, -0.15) is 0 Å². The van der Waals surface area contributed by atoms with Crippen LogP contribution in [0.3, 0.4) is 0 Å². The van der Waals surface area contributed by atoms with Crippen molar-refractivity contribution in [3.63, 3.8) is 0 Å². The maximum atomic E-state index is 4.06. The van der Waals surface area contributed by atoms with Gasteiger partial charge in [-0.15, -0.1) is 11.3 Å². The molecular formula is C13H15N3S. The number of benzene rings is 1. The molecule has 17 heavy (non-hydrogen) atoms. The Morgan fingerprint density at radius 1 is 1.35 bits per heavy atom. The highest BCUT2D eigenvalue weighted by Crippen LogP contribution is 2.23. The van der Waals surface area contributed by atoms with Crippen molar-refractivity contribution in [3.05, 3.63) is 45.9 Å². The molecule has 0 atom stereocenters. The SMILES string of the molecule is c1ncc(CNCc2ccc3c(c2)NCC3)s1. The molecule has 0 spiro atoms. The monoisotopic (exact) mass is 245 g/mol. The summed E-state index contributed by atoms with van der Waals surface area (Å²) in [6, 6.07) is 6.70. The second-order valence-electron chi connectivity index (χ2n) is 4.24. The minimum absolute atomic E-state index is 0.898. The standard InChI is InChI=1S/C13H15N3S/c1-2-11-3-4-16-13(11)5-10(1)6-14-7-12-8-15-9-17-12/h1-2,5,8-9,14,16H,3-4,6-7H2. The molecule has 0 unspecified atom stereocenters. The van der Waals surface area contributed by atoms with Crippen LogP contribution in [0, 0.1) is 0 Å². The van der Waals surface area contributed by atoms with Gasteiger partial charge in [-0.05, 0) is 23.6 Å². The second-order valence-corrected chi connectivity index (χ2v) is 5.21. The molecule has 1 aliphatic rings. The Morgan fingerprint density at radius 2 is 2.35 bits per heavy atom. The summed E-state index contributed by atoms with van der Waals surface area (Å²) >= 11 is 1.69. The molecule has 3 nitrogen and oxygen atoms in total. The van der Waals surface area contributed by atoms with Crippen molar-refractivity contribution in [1.82, 2.24) is 10.3 Å². The summed E-state index contributed by atoms with van der Waals surface area (Å²) in [4.78, 5) is 5.35. The predicted molar refractivity (Wildman–Crippen MR) is 71.3 cm³/mol. The molecule has 0 bridgehead atoms. The molecule has 0 fully saturated rings. The first-order chi connectivity index (χ1) is 8.42. The van der Waals surface area contributed by atoms with E-state index in [0.29, 0.717) is 0 Å². The van der Waals surface area contributed by atoms with Gasteiger partial charge in [-0.1, -0.05) is 12.1 Å². The predicted octanol–water partition coefficient (Wildman–Crippen LogP) is 2.40. The number of anilines is 1. The lowest BCUT2D eigenvalue weighted by atomic mass is 10.1. The largest absolute Gasteiger partial charge is 0.384 e. The number of hydrogen-bond acceptors (Lipinski definition) is 4. The minimum atomic E-state index is 0.898. The molecule has 0 aliphatic carbocycles. The lowest BCUT2D eigenvalue weighted by molar-refractivity contribution is 0.700. The summed E-state index contributed by atoms with van der Waals surface area (Å²) < 4.78 is 0. The van der Waals surface area contributed by atoms with Crippen molar-refractivity contribution in [2.24, 2.45) is 0 Å². The number of hydrogen-bond donors (Lipinski definition) is 2. The van der Waals surface area contributed by atoms with Crippen molar-refractivity contribution in [1.29, 1.82) is 0 Å². The molecule has 2 aromatic rings. The van der Waals surface area contributed by atoms with Gasteiger partial charge in [0.15, 0.2) is 0 Å². The molecule has 1 aromatic heterocycles. The number of aromatic nitrogens is 1. The molecule has 3 rings (SSSR count). The maximum absolute atomic E-state index is 4.06. The molecule has 2 N–H and O–H groups in total. The second kappa shape index (κ2) is 4.85. The normalized spacial score (nSPS) is 13.4. The Hall–Kier alpha value is -1.39. The van der Waals surface area contributed by atoms with Gasteiger partial charge >= 0.3 is 0 Å². The van der Waals surface area contributed by atoms with Crippen LogP contribution < -0.4 is 10.6 Å². The summed E-state index contributed by atoms with van der Waals surface area (Å²) in [5.74, 6) is 0. The van der Waals surface area contributed by atoms with E-state index in [4.69, 9.17) is 0 Å². The Morgan fingerprint density at radius 3 is 3.24 bits per heavy atom. The molecule has 2 heterocycles. The molecule has 1 aromatic carbocycles. The molecule has 0 radical (unpaired) electrons. The number of fused-ring (bicyclic) bond motifs is 1. The first-order valence-corrected chi connectivity index (χ1v) is 6.73. The van der Waals surface area contributed by atoms with E-state index in [1.807, 2.05) is 11.7 Å². The number of thiazole rings is 1. The molecule has 0 amide bonds. The van der Waals surface area contributed by atoms with E-state index in [1.165, 1.54) is 21.7 Å². The van der Waals surface area contributed by atoms with Gasteiger partial charge in [0.05, 0.1) is 5.51 Å². The topological polar surface area (TPSA) is 37.0 Å². The summed E-state index contributed by atoms with van der Waals surface area (Å²) in [5, 5.41) is 6.85. The van der Waals surface area contributed by atoms with Crippen LogP contribution in [0.15, 0.2) is 29.9 Å². The molecule has 1 aliphatic heterocycles. The summed E-state index contributed by atoms with van der Waals surface area (Å²) in [6.45, 7) is 2.88. The fourth-order valence-corrected chi connectivity index (χ4v) is 2.67.